The van der Waals surface area contributed by atoms with E-state index < -0.39 is 24.0 Å². The second-order valence-corrected chi connectivity index (χ2v) is 13.3. The van der Waals surface area contributed by atoms with Crippen LogP contribution < -0.4 is 10.1 Å². The van der Waals surface area contributed by atoms with Crippen LogP contribution in [-0.2, 0) is 16.0 Å². The van der Waals surface area contributed by atoms with Crippen molar-refractivity contribution in [3.63, 3.8) is 0 Å². The monoisotopic (exact) mass is 676 g/mol. The van der Waals surface area contributed by atoms with Gasteiger partial charge in [0.25, 0.3) is 5.91 Å². The van der Waals surface area contributed by atoms with Gasteiger partial charge in [-0.2, -0.15) is 0 Å². The molecular formula is C41H48N4O5. The fourth-order valence-electron chi connectivity index (χ4n) is 6.24. The fourth-order valence-corrected chi connectivity index (χ4v) is 6.24. The van der Waals surface area contributed by atoms with E-state index in [1.54, 1.807) is 24.5 Å². The first-order valence-electron chi connectivity index (χ1n) is 17.8. The molecule has 0 aliphatic carbocycles. The zero-order valence-electron chi connectivity index (χ0n) is 29.3. The van der Waals surface area contributed by atoms with E-state index in [1.807, 2.05) is 60.7 Å². The highest BCUT2D eigenvalue weighted by molar-refractivity contribution is 5.98. The van der Waals surface area contributed by atoms with Crippen molar-refractivity contribution in [1.29, 1.82) is 0 Å². The van der Waals surface area contributed by atoms with Gasteiger partial charge in [0.1, 0.15) is 17.8 Å². The van der Waals surface area contributed by atoms with Gasteiger partial charge in [-0.05, 0) is 66.1 Å². The number of amides is 2. The SMILES string of the molecule is CCCCCCCOc1ccc(-c2cnc(-c3ccc(C[C@H](NC(=O)c4ccc(C(C)C)cc4)C(=O)N4CCC[C@H]4C(=O)O)cc3)nc2)cc1. The number of carbonyl (C=O) groups excluding carboxylic acids is 2. The van der Waals surface area contributed by atoms with Gasteiger partial charge >= 0.3 is 5.97 Å². The number of likely N-dealkylation sites (tertiary alicyclic amines) is 1. The van der Waals surface area contributed by atoms with E-state index in [2.05, 4.69) is 36.1 Å². The lowest BCUT2D eigenvalue weighted by atomic mass is 10.0. The summed E-state index contributed by atoms with van der Waals surface area (Å²) in [6.07, 6.45) is 10.8. The van der Waals surface area contributed by atoms with E-state index in [4.69, 9.17) is 4.74 Å². The summed E-state index contributed by atoms with van der Waals surface area (Å²) >= 11 is 0. The van der Waals surface area contributed by atoms with Crippen LogP contribution in [0.1, 0.15) is 93.1 Å². The van der Waals surface area contributed by atoms with Crippen molar-refractivity contribution in [1.82, 2.24) is 20.2 Å². The van der Waals surface area contributed by atoms with E-state index in [9.17, 15) is 19.5 Å². The number of aliphatic carboxylic acids is 1. The predicted molar refractivity (Wildman–Crippen MR) is 195 cm³/mol. The lowest BCUT2D eigenvalue weighted by molar-refractivity contribution is -0.148. The van der Waals surface area contributed by atoms with E-state index >= 15 is 0 Å². The topological polar surface area (TPSA) is 122 Å². The molecule has 2 N–H and O–H groups in total. The Hall–Kier alpha value is -5.05. The molecule has 2 atom stereocenters. The minimum absolute atomic E-state index is 0.204. The van der Waals surface area contributed by atoms with Gasteiger partial charge in [-0.3, -0.25) is 9.59 Å². The Morgan fingerprint density at radius 1 is 0.860 bits per heavy atom. The Labute approximate surface area is 295 Å². The maximum atomic E-state index is 13.7. The summed E-state index contributed by atoms with van der Waals surface area (Å²) < 4.78 is 5.89. The molecule has 9 heteroatoms. The molecule has 2 amide bonds. The number of aromatic nitrogens is 2. The van der Waals surface area contributed by atoms with Crippen LogP contribution in [0, 0.1) is 0 Å². The van der Waals surface area contributed by atoms with E-state index in [0.717, 1.165) is 46.6 Å². The number of carbonyl (C=O) groups is 3. The van der Waals surface area contributed by atoms with E-state index in [0.29, 0.717) is 36.7 Å². The average molecular weight is 677 g/mol. The number of ether oxygens (including phenoxy) is 1. The van der Waals surface area contributed by atoms with Gasteiger partial charge in [-0.25, -0.2) is 14.8 Å². The number of carboxylic acids is 1. The largest absolute Gasteiger partial charge is 0.494 e. The summed E-state index contributed by atoms with van der Waals surface area (Å²) in [5.41, 5.74) is 5.07. The van der Waals surface area contributed by atoms with E-state index in [1.165, 1.54) is 30.6 Å². The highest BCUT2D eigenvalue weighted by atomic mass is 16.5. The molecule has 0 spiro atoms. The quantitative estimate of drug-likeness (QED) is 0.117. The molecule has 262 valence electrons. The number of unbranched alkanes of at least 4 members (excludes halogenated alkanes) is 4. The van der Waals surface area contributed by atoms with Gasteiger partial charge < -0.3 is 20.1 Å². The van der Waals surface area contributed by atoms with Crippen LogP contribution in [0.2, 0.25) is 0 Å². The summed E-state index contributed by atoms with van der Waals surface area (Å²) in [5.74, 6) is -0.0663. The summed E-state index contributed by atoms with van der Waals surface area (Å²) in [4.78, 5) is 49.5. The van der Waals surface area contributed by atoms with Gasteiger partial charge in [0.05, 0.1) is 6.61 Å². The van der Waals surface area contributed by atoms with Crippen molar-refractivity contribution in [3.8, 4) is 28.3 Å². The third-order valence-corrected chi connectivity index (χ3v) is 9.27. The van der Waals surface area contributed by atoms with Crippen molar-refractivity contribution >= 4 is 17.8 Å². The van der Waals surface area contributed by atoms with Crippen LogP contribution in [0.25, 0.3) is 22.5 Å². The van der Waals surface area contributed by atoms with Crippen molar-refractivity contribution in [2.45, 2.75) is 90.1 Å². The molecule has 3 aromatic carbocycles. The number of carboxylic acid groups (broad SMARTS) is 1. The minimum Gasteiger partial charge on any atom is -0.494 e. The average Bonchev–Trinajstić information content (AvgIpc) is 3.64. The third kappa shape index (κ3) is 9.55. The van der Waals surface area contributed by atoms with Gasteiger partial charge in [0.2, 0.25) is 5.91 Å². The first kappa shape index (κ1) is 36.2. The molecular weight excluding hydrogens is 628 g/mol. The molecule has 1 aliphatic heterocycles. The molecule has 0 saturated carbocycles. The highest BCUT2D eigenvalue weighted by Gasteiger charge is 2.37. The standard InChI is InChI=1S/C41H48N4O5/c1-4-5-6-7-8-24-50-35-21-19-31(20-22-35)34-26-42-38(43-27-34)32-13-11-29(12-14-32)25-36(40(47)45-23-9-10-37(45)41(48)49)44-39(46)33-17-15-30(16-18-33)28(2)3/h11-22,26-28,36-37H,4-10,23-25H2,1-3H3,(H,44,46)(H,48,49)/t36-,37-/m0/s1. The summed E-state index contributed by atoms with van der Waals surface area (Å²) in [6.45, 7) is 7.44. The number of hydrogen-bond acceptors (Lipinski definition) is 6. The Kier molecular flexibility index (Phi) is 12.7. The van der Waals surface area contributed by atoms with Crippen molar-refractivity contribution in [3.05, 3.63) is 102 Å². The molecule has 50 heavy (non-hydrogen) atoms. The molecule has 0 radical (unpaired) electrons. The first-order valence-corrected chi connectivity index (χ1v) is 17.8. The number of benzene rings is 3. The fraction of sp³-hybridized carbons (Fsp3) is 0.390. The van der Waals surface area contributed by atoms with Crippen molar-refractivity contribution in [2.75, 3.05) is 13.2 Å². The Morgan fingerprint density at radius 3 is 2.16 bits per heavy atom. The summed E-state index contributed by atoms with van der Waals surface area (Å²) in [5, 5.41) is 12.6. The molecule has 9 nitrogen and oxygen atoms in total. The van der Waals surface area contributed by atoms with Gasteiger partial charge in [0, 0.05) is 42.0 Å². The lowest BCUT2D eigenvalue weighted by Crippen LogP contribution is -2.52. The predicted octanol–water partition coefficient (Wildman–Crippen LogP) is 7.70. The zero-order valence-corrected chi connectivity index (χ0v) is 29.3. The molecule has 1 aromatic heterocycles. The van der Waals surface area contributed by atoms with Gasteiger partial charge in [0.15, 0.2) is 5.82 Å². The Bertz CT molecular complexity index is 1700. The third-order valence-electron chi connectivity index (χ3n) is 9.27. The number of rotatable bonds is 16. The minimum atomic E-state index is -1.03. The molecule has 4 aromatic rings. The molecule has 2 heterocycles. The highest BCUT2D eigenvalue weighted by Crippen LogP contribution is 2.25. The number of hydrogen-bond donors (Lipinski definition) is 2. The molecule has 1 saturated heterocycles. The molecule has 1 fully saturated rings. The maximum absolute atomic E-state index is 13.7. The van der Waals surface area contributed by atoms with Crippen LogP contribution in [0.15, 0.2) is 85.2 Å². The Balaban J connectivity index is 1.24. The second-order valence-electron chi connectivity index (χ2n) is 13.3. The number of nitrogens with one attached hydrogen (secondary N) is 1. The van der Waals surface area contributed by atoms with Crippen LogP contribution in [-0.4, -0.2) is 63.0 Å². The molecule has 0 bridgehead atoms. The number of nitrogens with zero attached hydrogens (tertiary/aromatic N) is 3. The summed E-state index contributed by atoms with van der Waals surface area (Å²) in [7, 11) is 0. The van der Waals surface area contributed by atoms with E-state index in [-0.39, 0.29) is 12.3 Å². The van der Waals surface area contributed by atoms with Gasteiger partial charge in [-0.1, -0.05) is 95.0 Å². The van der Waals surface area contributed by atoms with Crippen molar-refractivity contribution < 1.29 is 24.2 Å². The van der Waals surface area contributed by atoms with Crippen LogP contribution >= 0.6 is 0 Å². The lowest BCUT2D eigenvalue weighted by Gasteiger charge is -2.27. The Morgan fingerprint density at radius 2 is 1.52 bits per heavy atom. The maximum Gasteiger partial charge on any atom is 0.326 e. The van der Waals surface area contributed by atoms with Crippen LogP contribution in [0.4, 0.5) is 0 Å². The first-order chi connectivity index (χ1) is 24.2. The molecule has 1 aliphatic rings. The van der Waals surface area contributed by atoms with Crippen LogP contribution in [0.3, 0.4) is 0 Å². The normalized spacial score (nSPS) is 14.8. The van der Waals surface area contributed by atoms with Gasteiger partial charge in [-0.15, -0.1) is 0 Å². The zero-order chi connectivity index (χ0) is 35.5. The smallest absolute Gasteiger partial charge is 0.326 e. The molecule has 0 unspecified atom stereocenters. The van der Waals surface area contributed by atoms with Crippen molar-refractivity contribution in [2.24, 2.45) is 0 Å². The van der Waals surface area contributed by atoms with Crippen LogP contribution in [0.5, 0.6) is 5.75 Å². The second kappa shape index (κ2) is 17.6. The molecule has 5 rings (SSSR count). The summed E-state index contributed by atoms with van der Waals surface area (Å²) in [6, 6.07) is 21.0.